The molecule has 0 aromatic carbocycles. The summed E-state index contributed by atoms with van der Waals surface area (Å²) in [4.78, 5) is 38.3. The van der Waals surface area contributed by atoms with Crippen molar-refractivity contribution in [2.24, 2.45) is 0 Å². The molecule has 6 heteroatoms. The molecule has 0 rings (SSSR count). The van der Waals surface area contributed by atoms with Crippen LogP contribution in [0.15, 0.2) is 146 Å². The highest BCUT2D eigenvalue weighted by Crippen LogP contribution is 2.14. The molecule has 1 atom stereocenters. The molecule has 6 nitrogen and oxygen atoms in total. The van der Waals surface area contributed by atoms with Gasteiger partial charge < -0.3 is 14.2 Å². The molecular formula is C67H106O6. The van der Waals surface area contributed by atoms with Crippen LogP contribution in [0.4, 0.5) is 0 Å². The number of ether oxygens (including phenoxy) is 3. The zero-order chi connectivity index (χ0) is 52.9. The van der Waals surface area contributed by atoms with Crippen molar-refractivity contribution in [3.63, 3.8) is 0 Å². The third-order valence-corrected chi connectivity index (χ3v) is 12.0. The van der Waals surface area contributed by atoms with Gasteiger partial charge in [-0.25, -0.2) is 0 Å². The van der Waals surface area contributed by atoms with E-state index in [1.165, 1.54) is 64.2 Å². The molecule has 410 valence electrons. The first kappa shape index (κ1) is 68.3. The fourth-order valence-corrected chi connectivity index (χ4v) is 7.62. The van der Waals surface area contributed by atoms with E-state index in [0.29, 0.717) is 12.8 Å². The average molecular weight is 1010 g/mol. The molecule has 73 heavy (non-hydrogen) atoms. The van der Waals surface area contributed by atoms with Crippen LogP contribution in [0, 0.1) is 0 Å². The van der Waals surface area contributed by atoms with Crippen molar-refractivity contribution in [2.75, 3.05) is 13.2 Å². The SMILES string of the molecule is CC/C=C\C/C=C\C/C=C\CCCCCCCCCCCC(=O)OCC(COC(=O)CCCCCCC\C=C/C=C\C=C/C=C\CCCCC)OC(=O)CCCCCCC\C=C/C=C\C=C/C=C\C=C/CCC. The first-order chi connectivity index (χ1) is 36.0. The normalized spacial score (nSPS) is 13.2. The lowest BCUT2D eigenvalue weighted by Crippen LogP contribution is -2.30. The zero-order valence-electron chi connectivity index (χ0n) is 46.8. The molecule has 0 saturated heterocycles. The minimum Gasteiger partial charge on any atom is -0.462 e. The fourth-order valence-electron chi connectivity index (χ4n) is 7.62. The minimum absolute atomic E-state index is 0.105. The predicted octanol–water partition coefficient (Wildman–Crippen LogP) is 20.0. The number of unbranched alkanes of at least 4 members (excludes halogenated alkanes) is 23. The Morgan fingerprint density at radius 3 is 1.01 bits per heavy atom. The number of rotatable bonds is 51. The molecule has 0 N–H and O–H groups in total. The third-order valence-electron chi connectivity index (χ3n) is 12.0. The largest absolute Gasteiger partial charge is 0.462 e. The summed E-state index contributed by atoms with van der Waals surface area (Å²) in [5.41, 5.74) is 0. The van der Waals surface area contributed by atoms with Crippen molar-refractivity contribution in [3.8, 4) is 0 Å². The monoisotopic (exact) mass is 1010 g/mol. The van der Waals surface area contributed by atoms with E-state index in [9.17, 15) is 14.4 Å². The summed E-state index contributed by atoms with van der Waals surface area (Å²) >= 11 is 0. The van der Waals surface area contributed by atoms with Gasteiger partial charge in [0.25, 0.3) is 0 Å². The first-order valence-electron chi connectivity index (χ1n) is 29.5. The number of hydrogen-bond donors (Lipinski definition) is 0. The lowest BCUT2D eigenvalue weighted by Gasteiger charge is -2.18. The number of hydrogen-bond acceptors (Lipinski definition) is 6. The molecule has 0 amide bonds. The van der Waals surface area contributed by atoms with Crippen LogP contribution >= 0.6 is 0 Å². The van der Waals surface area contributed by atoms with E-state index in [2.05, 4.69) is 142 Å². The van der Waals surface area contributed by atoms with E-state index >= 15 is 0 Å². The molecule has 0 aromatic rings. The molecule has 0 aliphatic heterocycles. The van der Waals surface area contributed by atoms with Gasteiger partial charge in [-0.3, -0.25) is 14.4 Å². The van der Waals surface area contributed by atoms with Crippen molar-refractivity contribution in [1.29, 1.82) is 0 Å². The maximum Gasteiger partial charge on any atom is 0.306 e. The van der Waals surface area contributed by atoms with Gasteiger partial charge in [0, 0.05) is 19.3 Å². The van der Waals surface area contributed by atoms with E-state index in [0.717, 1.165) is 135 Å². The van der Waals surface area contributed by atoms with Crippen molar-refractivity contribution in [3.05, 3.63) is 146 Å². The van der Waals surface area contributed by atoms with Gasteiger partial charge in [-0.05, 0) is 96.3 Å². The second-order valence-electron chi connectivity index (χ2n) is 19.0. The number of carbonyl (C=O) groups is 3. The molecule has 0 aromatic heterocycles. The Bertz CT molecular complexity index is 1630. The van der Waals surface area contributed by atoms with Gasteiger partial charge in [0.15, 0.2) is 6.10 Å². The number of allylic oxidation sites excluding steroid dienone is 24. The summed E-state index contributed by atoms with van der Waals surface area (Å²) in [5.74, 6) is -0.963. The molecule has 1 unspecified atom stereocenters. The van der Waals surface area contributed by atoms with Crippen LogP contribution in [0.3, 0.4) is 0 Å². The summed E-state index contributed by atoms with van der Waals surface area (Å²) in [7, 11) is 0. The lowest BCUT2D eigenvalue weighted by atomic mass is 10.1. The van der Waals surface area contributed by atoms with Crippen molar-refractivity contribution >= 4 is 17.9 Å². The first-order valence-corrected chi connectivity index (χ1v) is 29.5. The summed E-state index contributed by atoms with van der Waals surface area (Å²) in [6.07, 6.45) is 85.3. The zero-order valence-corrected chi connectivity index (χ0v) is 46.8. The Morgan fingerprint density at radius 1 is 0.301 bits per heavy atom. The van der Waals surface area contributed by atoms with Gasteiger partial charge in [0.05, 0.1) is 0 Å². The Morgan fingerprint density at radius 2 is 0.616 bits per heavy atom. The summed E-state index contributed by atoms with van der Waals surface area (Å²) in [6, 6.07) is 0. The lowest BCUT2D eigenvalue weighted by molar-refractivity contribution is -0.167. The smallest absolute Gasteiger partial charge is 0.306 e. The Balaban J connectivity index is 4.53. The highest BCUT2D eigenvalue weighted by atomic mass is 16.6. The van der Waals surface area contributed by atoms with E-state index in [4.69, 9.17) is 14.2 Å². The van der Waals surface area contributed by atoms with Gasteiger partial charge in [0.2, 0.25) is 0 Å². The Kier molecular flexibility index (Phi) is 56.0. The topological polar surface area (TPSA) is 78.9 Å². The number of esters is 3. The predicted molar refractivity (Wildman–Crippen MR) is 315 cm³/mol. The second kappa shape index (κ2) is 59.8. The van der Waals surface area contributed by atoms with Crippen molar-refractivity contribution in [2.45, 2.75) is 245 Å². The van der Waals surface area contributed by atoms with E-state index in [1.54, 1.807) is 0 Å². The van der Waals surface area contributed by atoms with Crippen LogP contribution in [0.5, 0.6) is 0 Å². The molecule has 0 fully saturated rings. The van der Waals surface area contributed by atoms with Gasteiger partial charge in [-0.1, -0.05) is 269 Å². The average Bonchev–Trinajstić information content (AvgIpc) is 3.39. The van der Waals surface area contributed by atoms with Crippen molar-refractivity contribution < 1.29 is 28.6 Å². The number of carbonyl (C=O) groups excluding carboxylic acids is 3. The Hall–Kier alpha value is -4.71. The molecule has 0 spiro atoms. The highest BCUT2D eigenvalue weighted by Gasteiger charge is 2.19. The third kappa shape index (κ3) is 58.1. The fraction of sp³-hybridized carbons (Fsp3) is 0.597. The standard InChI is InChI=1S/C67H106O6/c1-4-7-10-13-16-19-22-25-28-31-34-37-39-42-45-48-51-54-57-60-66(69)72-63-64(73-67(70)61-58-55-52-49-46-43-40-36-33-30-27-24-21-18-15-12-9-6-3)62-71-65(68)59-56-53-50-47-44-41-38-35-32-29-26-23-20-17-14-11-8-5-2/h7,10,12,15-21,23-30,32-33,35-36,38,40,64H,4-6,8-9,11,13-14,22,31,34,37,39,41-63H2,1-3H3/b10-7-,15-12-,19-16-,20-17-,21-18-,26-23-,27-24-,28-25-,32-29-,33-30-,38-35-,40-36-. The maximum atomic E-state index is 12.9. The minimum atomic E-state index is -0.812. The molecule has 0 bridgehead atoms. The molecule has 0 heterocycles. The van der Waals surface area contributed by atoms with Gasteiger partial charge in [-0.15, -0.1) is 0 Å². The summed E-state index contributed by atoms with van der Waals surface area (Å²) < 4.78 is 16.9. The highest BCUT2D eigenvalue weighted by molar-refractivity contribution is 5.71. The molecule has 0 aliphatic rings. The van der Waals surface area contributed by atoms with E-state index < -0.39 is 6.10 Å². The molecule has 0 saturated carbocycles. The molecule has 0 radical (unpaired) electrons. The molecular weight excluding hydrogens is 901 g/mol. The van der Waals surface area contributed by atoms with Gasteiger partial charge in [-0.2, -0.15) is 0 Å². The van der Waals surface area contributed by atoms with E-state index in [-0.39, 0.29) is 37.5 Å². The summed E-state index contributed by atoms with van der Waals surface area (Å²) in [6.45, 7) is 6.35. The Labute approximate surface area is 448 Å². The van der Waals surface area contributed by atoms with Crippen LogP contribution < -0.4 is 0 Å². The van der Waals surface area contributed by atoms with Crippen LogP contribution in [0.2, 0.25) is 0 Å². The second-order valence-corrected chi connectivity index (χ2v) is 19.0. The van der Waals surface area contributed by atoms with E-state index in [1.807, 2.05) is 24.3 Å². The van der Waals surface area contributed by atoms with Gasteiger partial charge in [0.1, 0.15) is 13.2 Å². The quantitative estimate of drug-likeness (QED) is 0.0199. The van der Waals surface area contributed by atoms with Gasteiger partial charge >= 0.3 is 17.9 Å². The van der Waals surface area contributed by atoms with Crippen LogP contribution in [-0.4, -0.2) is 37.2 Å². The maximum absolute atomic E-state index is 12.9. The van der Waals surface area contributed by atoms with Crippen molar-refractivity contribution in [1.82, 2.24) is 0 Å². The molecule has 0 aliphatic carbocycles. The van der Waals surface area contributed by atoms with Crippen LogP contribution in [-0.2, 0) is 28.6 Å². The summed E-state index contributed by atoms with van der Waals surface area (Å²) in [5, 5.41) is 0. The van der Waals surface area contributed by atoms with Crippen LogP contribution in [0.1, 0.15) is 239 Å². The van der Waals surface area contributed by atoms with Crippen LogP contribution in [0.25, 0.3) is 0 Å².